The van der Waals surface area contributed by atoms with Crippen molar-refractivity contribution in [1.29, 1.82) is 0 Å². The van der Waals surface area contributed by atoms with Gasteiger partial charge in [-0.1, -0.05) is 28.4 Å². The molecule has 38 heavy (non-hydrogen) atoms. The second-order valence-electron chi connectivity index (χ2n) is 7.48. The number of hydrogen-bond acceptors (Lipinski definition) is 10. The molecule has 3 N–H and O–H groups in total. The lowest BCUT2D eigenvalue weighted by Crippen LogP contribution is -2.30. The molecular weight excluding hydrogens is 581 g/mol. The molecule has 0 aliphatic rings. The lowest BCUT2D eigenvalue weighted by atomic mass is 10.2. The second-order valence-corrected chi connectivity index (χ2v) is 11.3. The number of aromatic amines is 1. The summed E-state index contributed by atoms with van der Waals surface area (Å²) in [7, 11) is -4.08. The van der Waals surface area contributed by atoms with E-state index in [4.69, 9.17) is 32.5 Å². The summed E-state index contributed by atoms with van der Waals surface area (Å²) in [6.45, 7) is 0. The molecule has 0 aliphatic carbocycles. The smallest absolute Gasteiger partial charge is 0.349 e. The van der Waals surface area contributed by atoms with Crippen LogP contribution in [0.1, 0.15) is 0 Å². The van der Waals surface area contributed by atoms with Crippen molar-refractivity contribution in [2.24, 2.45) is 0 Å². The number of anilines is 1. The van der Waals surface area contributed by atoms with Crippen LogP contribution in [0.15, 0.2) is 79.3 Å². The molecule has 12 nitrogen and oxygen atoms in total. The fraction of sp³-hybridized carbons (Fsp3) is 0. The van der Waals surface area contributed by atoms with Gasteiger partial charge in [-0.3, -0.25) is 14.5 Å². The van der Waals surface area contributed by atoms with E-state index in [1.165, 1.54) is 42.7 Å². The Hall–Kier alpha value is -4.11. The number of nitrogens with one attached hydrogen (secondary N) is 2. The van der Waals surface area contributed by atoms with Gasteiger partial charge in [0.2, 0.25) is 0 Å². The Morgan fingerprint density at radius 3 is 2.53 bits per heavy atom. The van der Waals surface area contributed by atoms with Crippen LogP contribution in [0, 0.1) is 0 Å². The van der Waals surface area contributed by atoms with Gasteiger partial charge in [0.1, 0.15) is 33.9 Å². The van der Waals surface area contributed by atoms with Crippen LogP contribution in [0.25, 0.3) is 16.3 Å². The third-order valence-corrected chi connectivity index (χ3v) is 8.44. The van der Waals surface area contributed by atoms with Crippen molar-refractivity contribution in [2.45, 2.75) is 4.21 Å². The third kappa shape index (κ3) is 5.15. The van der Waals surface area contributed by atoms with Crippen LogP contribution in [0.5, 0.6) is 17.2 Å². The zero-order valence-corrected chi connectivity index (χ0v) is 21.7. The van der Waals surface area contributed by atoms with Crippen LogP contribution in [0.4, 0.5) is 5.69 Å². The number of benzene rings is 2. The van der Waals surface area contributed by atoms with Crippen molar-refractivity contribution in [3.8, 4) is 33.5 Å². The summed E-state index contributed by atoms with van der Waals surface area (Å²) in [5.41, 5.74) is -0.986. The molecule has 0 aliphatic heterocycles. The van der Waals surface area contributed by atoms with Gasteiger partial charge in [0.05, 0.1) is 26.3 Å². The standard InChI is InChI=1S/C22H13Cl2N5O7S2/c23-13-7-11(29-22(32)26-19(31)10-25-29)8-14(24)21(13)36-12-1-2-17(30)16(9-12)28-38(33,34)20-4-3-18(37-20)15-5-6-35-27-15/h1-10,28,30H,(H,26,31,32). The van der Waals surface area contributed by atoms with Gasteiger partial charge in [-0.2, -0.15) is 9.78 Å². The van der Waals surface area contributed by atoms with Crippen LogP contribution in [-0.4, -0.2) is 33.4 Å². The van der Waals surface area contributed by atoms with Gasteiger partial charge in [-0.15, -0.1) is 11.3 Å². The molecule has 16 heteroatoms. The van der Waals surface area contributed by atoms with Crippen molar-refractivity contribution in [1.82, 2.24) is 19.9 Å². The van der Waals surface area contributed by atoms with Gasteiger partial charge in [-0.25, -0.2) is 13.2 Å². The first-order valence-corrected chi connectivity index (χ1v) is 13.4. The van der Waals surface area contributed by atoms with Crippen LogP contribution in [-0.2, 0) is 10.0 Å². The number of sulfonamides is 1. The minimum atomic E-state index is -4.08. The number of phenolic OH excluding ortho intramolecular Hbond substituents is 1. The van der Waals surface area contributed by atoms with Crippen LogP contribution in [0.3, 0.4) is 0 Å². The van der Waals surface area contributed by atoms with Crippen molar-refractivity contribution < 1.29 is 22.8 Å². The number of nitrogens with zero attached hydrogens (tertiary/aromatic N) is 3. The molecule has 2 aromatic carbocycles. The van der Waals surface area contributed by atoms with E-state index in [2.05, 4.69) is 20.0 Å². The van der Waals surface area contributed by atoms with Crippen molar-refractivity contribution >= 4 is 50.2 Å². The first-order valence-electron chi connectivity index (χ1n) is 10.3. The summed E-state index contributed by atoms with van der Waals surface area (Å²) in [5, 5.41) is 17.8. The molecule has 5 aromatic rings. The van der Waals surface area contributed by atoms with Gasteiger partial charge in [0.15, 0.2) is 5.75 Å². The maximum atomic E-state index is 12.9. The average Bonchev–Trinajstić information content (AvgIpc) is 3.56. The van der Waals surface area contributed by atoms with Crippen molar-refractivity contribution in [3.63, 3.8) is 0 Å². The number of hydrogen-bond donors (Lipinski definition) is 3. The maximum Gasteiger partial charge on any atom is 0.349 e. The largest absolute Gasteiger partial charge is 0.506 e. The van der Waals surface area contributed by atoms with E-state index in [0.717, 1.165) is 22.2 Å². The minimum absolute atomic E-state index is 0.00966. The number of ether oxygens (including phenoxy) is 1. The monoisotopic (exact) mass is 593 g/mol. The topological polar surface area (TPSA) is 169 Å². The highest BCUT2D eigenvalue weighted by Gasteiger charge is 2.21. The zero-order chi connectivity index (χ0) is 27.0. The molecule has 3 heterocycles. The molecule has 0 atom stereocenters. The lowest BCUT2D eigenvalue weighted by molar-refractivity contribution is 0.422. The molecule has 0 saturated heterocycles. The highest BCUT2D eigenvalue weighted by atomic mass is 35.5. The Kier molecular flexibility index (Phi) is 6.71. The Balaban J connectivity index is 1.41. The highest BCUT2D eigenvalue weighted by Crippen LogP contribution is 2.40. The number of phenols is 1. The van der Waals surface area contributed by atoms with Crippen LogP contribution in [0.2, 0.25) is 10.0 Å². The first kappa shape index (κ1) is 25.5. The predicted octanol–water partition coefficient (Wildman–Crippen LogP) is 4.24. The van der Waals surface area contributed by atoms with Crippen molar-refractivity contribution in [2.75, 3.05) is 4.72 Å². The number of halogens is 2. The summed E-state index contributed by atoms with van der Waals surface area (Å²) in [6, 6.07) is 11.1. The molecule has 3 aromatic heterocycles. The molecule has 0 bridgehead atoms. The van der Waals surface area contributed by atoms with E-state index in [0.29, 0.717) is 10.6 Å². The molecule has 0 spiro atoms. The summed E-state index contributed by atoms with van der Waals surface area (Å²) in [6.07, 6.45) is 2.29. The number of aromatic hydroxyl groups is 1. The van der Waals surface area contributed by atoms with Crippen LogP contribution >= 0.6 is 34.5 Å². The Bertz CT molecular complexity index is 1860. The minimum Gasteiger partial charge on any atom is -0.506 e. The fourth-order valence-electron chi connectivity index (χ4n) is 3.22. The number of thiophene rings is 1. The molecule has 0 saturated carbocycles. The van der Waals surface area contributed by atoms with E-state index < -0.39 is 21.3 Å². The van der Waals surface area contributed by atoms with Gasteiger partial charge in [0.25, 0.3) is 15.6 Å². The van der Waals surface area contributed by atoms with E-state index in [-0.39, 0.29) is 42.9 Å². The van der Waals surface area contributed by atoms with Crippen LogP contribution < -0.4 is 20.7 Å². The summed E-state index contributed by atoms with van der Waals surface area (Å²) in [5.74, 6) is -0.277. The SMILES string of the molecule is O=c1cnn(-c2cc(Cl)c(Oc3ccc(O)c(NS(=O)(=O)c4ccc(-c5ccon5)s4)c3)c(Cl)c2)c(=O)[nH]1. The van der Waals surface area contributed by atoms with Gasteiger partial charge < -0.3 is 14.4 Å². The molecular formula is C22H13Cl2N5O7S2. The number of rotatable bonds is 7. The summed E-state index contributed by atoms with van der Waals surface area (Å²) < 4.78 is 39.6. The van der Waals surface area contributed by atoms with Crippen molar-refractivity contribution in [3.05, 3.63) is 91.9 Å². The molecule has 0 amide bonds. The Morgan fingerprint density at radius 2 is 1.84 bits per heavy atom. The van der Waals surface area contributed by atoms with E-state index in [9.17, 15) is 23.1 Å². The molecule has 0 fully saturated rings. The van der Waals surface area contributed by atoms with E-state index in [1.807, 2.05) is 0 Å². The number of H-pyrrole nitrogens is 1. The molecule has 5 rings (SSSR count). The quantitative estimate of drug-likeness (QED) is 0.233. The first-order chi connectivity index (χ1) is 18.1. The zero-order valence-electron chi connectivity index (χ0n) is 18.6. The summed E-state index contributed by atoms with van der Waals surface area (Å²) in [4.78, 5) is 25.9. The molecule has 194 valence electrons. The predicted molar refractivity (Wildman–Crippen MR) is 139 cm³/mol. The normalized spacial score (nSPS) is 11.4. The van der Waals surface area contributed by atoms with Gasteiger partial charge >= 0.3 is 5.69 Å². The maximum absolute atomic E-state index is 12.9. The Labute approximate surface area is 226 Å². The Morgan fingerprint density at radius 1 is 1.08 bits per heavy atom. The summed E-state index contributed by atoms with van der Waals surface area (Å²) >= 11 is 13.6. The lowest BCUT2D eigenvalue weighted by Gasteiger charge is -2.14. The third-order valence-electron chi connectivity index (χ3n) is 4.91. The second kappa shape index (κ2) is 9.98. The number of aromatic nitrogens is 4. The fourth-order valence-corrected chi connectivity index (χ4v) is 6.10. The highest BCUT2D eigenvalue weighted by molar-refractivity contribution is 7.94. The van der Waals surface area contributed by atoms with E-state index in [1.54, 1.807) is 12.1 Å². The molecule has 0 unspecified atom stereocenters. The van der Waals surface area contributed by atoms with Gasteiger partial charge in [0, 0.05) is 12.1 Å². The van der Waals surface area contributed by atoms with E-state index >= 15 is 0 Å². The van der Waals surface area contributed by atoms with Gasteiger partial charge in [-0.05, 0) is 36.4 Å². The average molecular weight is 594 g/mol. The molecule has 0 radical (unpaired) electrons.